The van der Waals surface area contributed by atoms with Crippen molar-refractivity contribution < 1.29 is 4.79 Å². The number of carbonyl (C=O) groups excluding carboxylic acids is 1. The van der Waals surface area contributed by atoms with Crippen molar-refractivity contribution in [3.05, 3.63) is 12.2 Å². The summed E-state index contributed by atoms with van der Waals surface area (Å²) in [5.41, 5.74) is 0. The van der Waals surface area contributed by atoms with E-state index in [2.05, 4.69) is 6.08 Å². The molecule has 0 aromatic heterocycles. The molecule has 3 rings (SSSR count). The Bertz CT molecular complexity index is 241. The van der Waals surface area contributed by atoms with Gasteiger partial charge in [-0.1, -0.05) is 6.08 Å². The molecule has 3 aliphatic carbocycles. The summed E-state index contributed by atoms with van der Waals surface area (Å²) < 4.78 is 0. The van der Waals surface area contributed by atoms with Crippen LogP contribution >= 0.6 is 0 Å². The molecular formula is C10H12O. The summed E-state index contributed by atoms with van der Waals surface area (Å²) in [5, 5.41) is 0. The fourth-order valence-corrected chi connectivity index (χ4v) is 3.35. The van der Waals surface area contributed by atoms with Gasteiger partial charge in [0, 0.05) is 5.92 Å². The second-order valence-electron chi connectivity index (χ2n) is 4.20. The molecule has 3 aliphatic rings. The van der Waals surface area contributed by atoms with Gasteiger partial charge in [0.15, 0.2) is 5.78 Å². The maximum absolute atomic E-state index is 11.4. The Kier molecular flexibility index (Phi) is 0.961. The topological polar surface area (TPSA) is 17.1 Å². The van der Waals surface area contributed by atoms with E-state index in [0.29, 0.717) is 17.6 Å². The number of hydrogen-bond acceptors (Lipinski definition) is 1. The van der Waals surface area contributed by atoms with Gasteiger partial charge in [0.2, 0.25) is 0 Å². The van der Waals surface area contributed by atoms with Crippen LogP contribution in [0.1, 0.15) is 19.3 Å². The van der Waals surface area contributed by atoms with Crippen molar-refractivity contribution in [2.75, 3.05) is 0 Å². The van der Waals surface area contributed by atoms with E-state index in [9.17, 15) is 4.79 Å². The first-order valence-electron chi connectivity index (χ1n) is 4.58. The molecule has 0 heterocycles. The second-order valence-corrected chi connectivity index (χ2v) is 4.20. The largest absolute Gasteiger partial charge is 0.295 e. The Labute approximate surface area is 66.5 Å². The van der Waals surface area contributed by atoms with Gasteiger partial charge in [-0.3, -0.25) is 4.79 Å². The first kappa shape index (κ1) is 5.99. The van der Waals surface area contributed by atoms with E-state index in [4.69, 9.17) is 0 Å². The van der Waals surface area contributed by atoms with Crippen molar-refractivity contribution in [3.8, 4) is 0 Å². The lowest BCUT2D eigenvalue weighted by Gasteiger charge is -2.22. The minimum Gasteiger partial charge on any atom is -0.295 e. The lowest BCUT2D eigenvalue weighted by Crippen LogP contribution is -2.22. The van der Waals surface area contributed by atoms with Gasteiger partial charge in [0.25, 0.3) is 0 Å². The lowest BCUT2D eigenvalue weighted by atomic mass is 9.81. The average molecular weight is 148 g/mol. The van der Waals surface area contributed by atoms with Crippen LogP contribution in [-0.4, -0.2) is 5.78 Å². The molecule has 0 aromatic carbocycles. The Balaban J connectivity index is 2.02. The third kappa shape index (κ3) is 0.597. The maximum Gasteiger partial charge on any atom is 0.159 e. The summed E-state index contributed by atoms with van der Waals surface area (Å²) in [6.07, 6.45) is 8.02. The molecule has 1 heteroatoms. The van der Waals surface area contributed by atoms with Gasteiger partial charge < -0.3 is 0 Å². The summed E-state index contributed by atoms with van der Waals surface area (Å²) in [4.78, 5) is 11.4. The molecule has 4 atom stereocenters. The summed E-state index contributed by atoms with van der Waals surface area (Å²) in [6.45, 7) is 0. The molecular weight excluding hydrogens is 136 g/mol. The first-order chi connectivity index (χ1) is 5.36. The van der Waals surface area contributed by atoms with Gasteiger partial charge in [-0.05, 0) is 43.1 Å². The summed E-state index contributed by atoms with van der Waals surface area (Å²) >= 11 is 0. The summed E-state index contributed by atoms with van der Waals surface area (Å²) in [7, 11) is 0. The monoisotopic (exact) mass is 148 g/mol. The highest BCUT2D eigenvalue weighted by Gasteiger charge is 2.50. The molecule has 0 saturated heterocycles. The molecule has 0 aliphatic heterocycles. The zero-order valence-corrected chi connectivity index (χ0v) is 6.49. The van der Waals surface area contributed by atoms with Crippen molar-refractivity contribution >= 4 is 5.78 Å². The number of rotatable bonds is 0. The van der Waals surface area contributed by atoms with Crippen molar-refractivity contribution in [3.63, 3.8) is 0 Å². The highest BCUT2D eigenvalue weighted by Crippen LogP contribution is 2.55. The van der Waals surface area contributed by atoms with Crippen molar-refractivity contribution in [1.82, 2.24) is 0 Å². The van der Waals surface area contributed by atoms with Crippen LogP contribution in [0.4, 0.5) is 0 Å². The van der Waals surface area contributed by atoms with Crippen molar-refractivity contribution in [2.24, 2.45) is 23.7 Å². The van der Waals surface area contributed by atoms with Crippen LogP contribution in [0.15, 0.2) is 12.2 Å². The summed E-state index contributed by atoms with van der Waals surface area (Å²) in [5.74, 6) is 3.12. The van der Waals surface area contributed by atoms with Crippen LogP contribution in [0.5, 0.6) is 0 Å². The Hall–Kier alpha value is -0.590. The molecule has 2 fully saturated rings. The zero-order chi connectivity index (χ0) is 7.42. The zero-order valence-electron chi connectivity index (χ0n) is 6.49. The number of allylic oxidation sites excluding steroid dienone is 2. The molecule has 1 nitrogen and oxygen atoms in total. The quantitative estimate of drug-likeness (QED) is 0.512. The normalized spacial score (nSPS) is 52.2. The van der Waals surface area contributed by atoms with Gasteiger partial charge >= 0.3 is 0 Å². The average Bonchev–Trinajstić information content (AvgIpc) is 2.60. The van der Waals surface area contributed by atoms with Crippen LogP contribution in [-0.2, 0) is 4.79 Å². The maximum atomic E-state index is 11.4. The van der Waals surface area contributed by atoms with Crippen LogP contribution in [0.2, 0.25) is 0 Å². The van der Waals surface area contributed by atoms with E-state index in [1.807, 2.05) is 6.08 Å². The number of carbonyl (C=O) groups is 1. The predicted molar refractivity (Wildman–Crippen MR) is 42.0 cm³/mol. The van der Waals surface area contributed by atoms with Crippen LogP contribution < -0.4 is 0 Å². The van der Waals surface area contributed by atoms with E-state index < -0.39 is 0 Å². The highest BCUT2D eigenvalue weighted by atomic mass is 16.1. The second kappa shape index (κ2) is 1.77. The molecule has 2 bridgehead atoms. The molecule has 4 unspecified atom stereocenters. The van der Waals surface area contributed by atoms with E-state index >= 15 is 0 Å². The van der Waals surface area contributed by atoms with Crippen LogP contribution in [0.3, 0.4) is 0 Å². The minimum atomic E-state index is 0.419. The van der Waals surface area contributed by atoms with Crippen LogP contribution in [0, 0.1) is 23.7 Å². The van der Waals surface area contributed by atoms with E-state index in [-0.39, 0.29) is 0 Å². The fourth-order valence-electron chi connectivity index (χ4n) is 3.35. The van der Waals surface area contributed by atoms with Crippen LogP contribution in [0.25, 0.3) is 0 Å². The Morgan fingerprint density at radius 1 is 1.27 bits per heavy atom. The predicted octanol–water partition coefficient (Wildman–Crippen LogP) is 1.79. The van der Waals surface area contributed by atoms with E-state index in [0.717, 1.165) is 11.8 Å². The van der Waals surface area contributed by atoms with Gasteiger partial charge in [-0.2, -0.15) is 0 Å². The molecule has 2 saturated carbocycles. The van der Waals surface area contributed by atoms with E-state index in [1.54, 1.807) is 0 Å². The fraction of sp³-hybridized carbons (Fsp3) is 0.700. The highest BCUT2D eigenvalue weighted by molar-refractivity contribution is 5.95. The molecule has 58 valence electrons. The number of hydrogen-bond donors (Lipinski definition) is 0. The number of ketones is 1. The molecule has 0 aromatic rings. The molecule has 0 spiro atoms. The molecule has 11 heavy (non-hydrogen) atoms. The molecule has 0 N–H and O–H groups in total. The minimum absolute atomic E-state index is 0.419. The van der Waals surface area contributed by atoms with Gasteiger partial charge in [-0.15, -0.1) is 0 Å². The lowest BCUT2D eigenvalue weighted by molar-refractivity contribution is -0.119. The molecule has 0 radical (unpaired) electrons. The number of fused-ring (bicyclic) bond motifs is 5. The standard InChI is InChI=1S/C10H12O/c11-9-4-3-8-6-1-2-7(5-6)10(8)9/h3-4,6-8,10H,1-2,5H2. The SMILES string of the molecule is O=C1C=CC2C3CCC(C3)C12. The third-order valence-electron chi connectivity index (χ3n) is 3.79. The smallest absolute Gasteiger partial charge is 0.159 e. The Morgan fingerprint density at radius 2 is 2.09 bits per heavy atom. The van der Waals surface area contributed by atoms with Gasteiger partial charge in [-0.25, -0.2) is 0 Å². The summed E-state index contributed by atoms with van der Waals surface area (Å²) in [6, 6.07) is 0. The van der Waals surface area contributed by atoms with Crippen molar-refractivity contribution in [2.45, 2.75) is 19.3 Å². The Morgan fingerprint density at radius 3 is 2.91 bits per heavy atom. The first-order valence-corrected chi connectivity index (χ1v) is 4.58. The van der Waals surface area contributed by atoms with E-state index in [1.165, 1.54) is 19.3 Å². The van der Waals surface area contributed by atoms with Gasteiger partial charge in [0.1, 0.15) is 0 Å². The third-order valence-corrected chi connectivity index (χ3v) is 3.79. The van der Waals surface area contributed by atoms with Crippen molar-refractivity contribution in [1.29, 1.82) is 0 Å². The van der Waals surface area contributed by atoms with Gasteiger partial charge in [0.05, 0.1) is 0 Å². The molecule has 0 amide bonds.